The lowest BCUT2D eigenvalue weighted by molar-refractivity contribution is 0.794. The first kappa shape index (κ1) is 41.3. The number of rotatable bonds is 7. The summed E-state index contributed by atoms with van der Waals surface area (Å²) in [6.07, 6.45) is 0. The van der Waals surface area contributed by atoms with Gasteiger partial charge in [0, 0.05) is 38.9 Å². The Hall–Kier alpha value is -9.50. The predicted octanol–water partition coefficient (Wildman–Crippen LogP) is 18.8. The zero-order valence-corrected chi connectivity index (χ0v) is 40.0. The minimum absolute atomic E-state index is 0.401. The molecule has 13 aromatic rings. The maximum atomic E-state index is 2.45. The summed E-state index contributed by atoms with van der Waals surface area (Å²) >= 11 is 0. The monoisotopic (exact) mass is 926 g/mol. The van der Waals surface area contributed by atoms with E-state index in [2.05, 4.69) is 289 Å². The molecule has 0 saturated heterocycles. The van der Waals surface area contributed by atoms with Crippen LogP contribution in [0.5, 0.6) is 0 Å². The van der Waals surface area contributed by atoms with Crippen LogP contribution in [0.1, 0.15) is 22.3 Å². The number of benzene rings is 12. The summed E-state index contributed by atoms with van der Waals surface area (Å²) < 4.78 is 2.45. The highest BCUT2D eigenvalue weighted by Crippen LogP contribution is 2.63. The van der Waals surface area contributed by atoms with E-state index in [1.807, 2.05) is 0 Å². The third kappa shape index (κ3) is 6.24. The molecule has 15 rings (SSSR count). The molecule has 0 atom stereocenters. The Morgan fingerprint density at radius 3 is 1.33 bits per heavy atom. The molecule has 0 saturated carbocycles. The van der Waals surface area contributed by atoms with Gasteiger partial charge < -0.3 is 9.47 Å². The Morgan fingerprint density at radius 2 is 0.712 bits per heavy atom. The number of para-hydroxylation sites is 1. The largest absolute Gasteiger partial charge is 0.310 e. The standard InChI is InChI=1S/C71H46N2/c1-3-15-47(16-4-1)48-27-29-49(30-28-48)50-31-37-55(38-32-50)72(57-41-44-68-64(46-57)61-23-11-14-26-67(61)71(68)65-24-12-9-21-59(65)60-22-10-13-25-66(60)71)56-39-33-51(34-40-56)53-36-42-62-63-43-35-52-17-7-8-20-58(52)70(63)73(69(62)45-53)54-18-5-2-6-19-54/h1-46H. The topological polar surface area (TPSA) is 8.17 Å². The van der Waals surface area contributed by atoms with Crippen LogP contribution < -0.4 is 4.90 Å². The Kier molecular flexibility index (Phi) is 9.21. The second kappa shape index (κ2) is 16.3. The van der Waals surface area contributed by atoms with Gasteiger partial charge in [-0.05, 0) is 138 Å². The van der Waals surface area contributed by atoms with Crippen molar-refractivity contribution in [3.8, 4) is 61.3 Å². The van der Waals surface area contributed by atoms with Gasteiger partial charge in [0.1, 0.15) is 0 Å². The molecule has 2 aliphatic rings. The van der Waals surface area contributed by atoms with Crippen molar-refractivity contribution in [2.45, 2.75) is 5.41 Å². The zero-order valence-electron chi connectivity index (χ0n) is 40.0. The Morgan fingerprint density at radius 1 is 0.274 bits per heavy atom. The molecule has 1 spiro atoms. The van der Waals surface area contributed by atoms with Crippen LogP contribution in [0.15, 0.2) is 279 Å². The minimum Gasteiger partial charge on any atom is -0.310 e. The van der Waals surface area contributed by atoms with Gasteiger partial charge in [0.25, 0.3) is 0 Å². The molecule has 1 heterocycles. The average molecular weight is 927 g/mol. The summed E-state index contributed by atoms with van der Waals surface area (Å²) in [7, 11) is 0. The van der Waals surface area contributed by atoms with Crippen molar-refractivity contribution in [3.63, 3.8) is 0 Å². The van der Waals surface area contributed by atoms with Crippen molar-refractivity contribution in [1.82, 2.24) is 4.57 Å². The van der Waals surface area contributed by atoms with Crippen LogP contribution in [0.3, 0.4) is 0 Å². The SMILES string of the molecule is c1ccc(-c2ccc(-c3ccc(N(c4ccc(-c5ccc6c7ccc8ccccc8c7n(-c7ccccc7)c6c5)cc4)c4ccc5c(c4)-c4ccccc4C54c5ccccc5-c5ccccc54)cc3)cc2)cc1. The quantitative estimate of drug-likeness (QED) is 0.155. The summed E-state index contributed by atoms with van der Waals surface area (Å²) in [5, 5.41) is 5.00. The first-order valence-electron chi connectivity index (χ1n) is 25.3. The van der Waals surface area contributed by atoms with E-state index in [4.69, 9.17) is 0 Å². The predicted molar refractivity (Wildman–Crippen MR) is 306 cm³/mol. The van der Waals surface area contributed by atoms with E-state index in [-0.39, 0.29) is 0 Å². The van der Waals surface area contributed by atoms with E-state index >= 15 is 0 Å². The first-order valence-corrected chi connectivity index (χ1v) is 25.3. The van der Waals surface area contributed by atoms with Gasteiger partial charge in [-0.3, -0.25) is 0 Å². The Bertz CT molecular complexity index is 4230. The Balaban J connectivity index is 0.868. The fraction of sp³-hybridized carbons (Fsp3) is 0.0141. The smallest absolute Gasteiger partial charge is 0.0725 e. The van der Waals surface area contributed by atoms with E-state index < -0.39 is 5.41 Å². The van der Waals surface area contributed by atoms with Gasteiger partial charge in [-0.15, -0.1) is 0 Å². The number of nitrogens with zero attached hydrogens (tertiary/aromatic N) is 2. The van der Waals surface area contributed by atoms with Crippen LogP contribution in [0, 0.1) is 0 Å². The van der Waals surface area contributed by atoms with E-state index in [9.17, 15) is 0 Å². The molecule has 0 fully saturated rings. The highest BCUT2D eigenvalue weighted by atomic mass is 15.1. The molecule has 2 nitrogen and oxygen atoms in total. The van der Waals surface area contributed by atoms with Gasteiger partial charge in [-0.1, -0.05) is 224 Å². The van der Waals surface area contributed by atoms with E-state index in [1.165, 1.54) is 105 Å². The third-order valence-corrected chi connectivity index (χ3v) is 15.8. The lowest BCUT2D eigenvalue weighted by atomic mass is 9.70. The van der Waals surface area contributed by atoms with Crippen LogP contribution in [-0.4, -0.2) is 4.57 Å². The van der Waals surface area contributed by atoms with Gasteiger partial charge >= 0.3 is 0 Å². The second-order valence-electron chi connectivity index (χ2n) is 19.6. The normalized spacial score (nSPS) is 12.8. The van der Waals surface area contributed by atoms with Gasteiger partial charge in [0.15, 0.2) is 0 Å². The molecule has 0 N–H and O–H groups in total. The lowest BCUT2D eigenvalue weighted by Gasteiger charge is -2.31. The molecule has 0 bridgehead atoms. The minimum atomic E-state index is -0.401. The third-order valence-electron chi connectivity index (χ3n) is 15.8. The number of anilines is 3. The molecule has 0 unspecified atom stereocenters. The molecule has 0 aliphatic heterocycles. The molecule has 0 radical (unpaired) electrons. The lowest BCUT2D eigenvalue weighted by Crippen LogP contribution is -2.25. The Labute approximate surface area is 425 Å². The molecule has 2 aliphatic carbocycles. The zero-order chi connectivity index (χ0) is 48.0. The van der Waals surface area contributed by atoms with Gasteiger partial charge in [0.2, 0.25) is 0 Å². The van der Waals surface area contributed by atoms with Crippen molar-refractivity contribution in [3.05, 3.63) is 301 Å². The summed E-state index contributed by atoms with van der Waals surface area (Å²) in [4.78, 5) is 2.43. The fourth-order valence-electron chi connectivity index (χ4n) is 12.6. The molecule has 73 heavy (non-hydrogen) atoms. The van der Waals surface area contributed by atoms with Crippen LogP contribution in [0.4, 0.5) is 17.1 Å². The molecule has 12 aromatic carbocycles. The van der Waals surface area contributed by atoms with Gasteiger partial charge in [-0.25, -0.2) is 0 Å². The van der Waals surface area contributed by atoms with Crippen molar-refractivity contribution in [2.75, 3.05) is 4.90 Å². The van der Waals surface area contributed by atoms with E-state index in [1.54, 1.807) is 0 Å². The summed E-state index contributed by atoms with van der Waals surface area (Å²) in [6, 6.07) is 103. The number of hydrogen-bond acceptors (Lipinski definition) is 1. The fourth-order valence-corrected chi connectivity index (χ4v) is 12.6. The van der Waals surface area contributed by atoms with Crippen molar-refractivity contribution in [2.24, 2.45) is 0 Å². The molecular formula is C71H46N2. The van der Waals surface area contributed by atoms with Crippen LogP contribution in [0.2, 0.25) is 0 Å². The average Bonchev–Trinajstić information content (AvgIpc) is 4.08. The van der Waals surface area contributed by atoms with Crippen LogP contribution in [-0.2, 0) is 5.41 Å². The summed E-state index contributed by atoms with van der Waals surface area (Å²) in [5.74, 6) is 0. The van der Waals surface area contributed by atoms with Gasteiger partial charge in [0.05, 0.1) is 16.4 Å². The van der Waals surface area contributed by atoms with Crippen molar-refractivity contribution in [1.29, 1.82) is 0 Å². The number of aromatic nitrogens is 1. The molecular weight excluding hydrogens is 881 g/mol. The van der Waals surface area contributed by atoms with Crippen molar-refractivity contribution < 1.29 is 0 Å². The molecule has 340 valence electrons. The van der Waals surface area contributed by atoms with Crippen LogP contribution >= 0.6 is 0 Å². The van der Waals surface area contributed by atoms with E-state index in [0.29, 0.717) is 0 Å². The molecule has 2 heteroatoms. The number of fused-ring (bicyclic) bond motifs is 15. The summed E-state index contributed by atoms with van der Waals surface area (Å²) in [6.45, 7) is 0. The molecule has 0 amide bonds. The maximum Gasteiger partial charge on any atom is 0.0725 e. The van der Waals surface area contributed by atoms with Crippen molar-refractivity contribution >= 4 is 49.6 Å². The second-order valence-corrected chi connectivity index (χ2v) is 19.6. The highest BCUT2D eigenvalue weighted by Gasteiger charge is 2.51. The van der Waals surface area contributed by atoms with E-state index in [0.717, 1.165) is 28.3 Å². The molecule has 1 aromatic heterocycles. The maximum absolute atomic E-state index is 2.45. The summed E-state index contributed by atoms with van der Waals surface area (Å²) in [5.41, 5.74) is 24.2. The first-order chi connectivity index (χ1) is 36.2. The number of hydrogen-bond donors (Lipinski definition) is 0. The van der Waals surface area contributed by atoms with Crippen LogP contribution in [0.25, 0.3) is 93.9 Å². The van der Waals surface area contributed by atoms with Gasteiger partial charge in [-0.2, -0.15) is 0 Å². The highest BCUT2D eigenvalue weighted by molar-refractivity contribution is 6.19.